The second-order valence-electron chi connectivity index (χ2n) is 4.75. The molecule has 0 amide bonds. The third-order valence-corrected chi connectivity index (χ3v) is 2.98. The van der Waals surface area contributed by atoms with Gasteiger partial charge in [0.05, 0.1) is 0 Å². The molecule has 0 fully saturated rings. The Morgan fingerprint density at radius 2 is 2.15 bits per heavy atom. The summed E-state index contributed by atoms with van der Waals surface area (Å²) in [6.45, 7) is 4.09. The number of pyridine rings is 1. The molecule has 4 heteroatoms. The quantitative estimate of drug-likeness (QED) is 0.849. The van der Waals surface area contributed by atoms with Crippen LogP contribution in [0.5, 0.6) is 5.75 Å². The maximum atomic E-state index is 13.6. The summed E-state index contributed by atoms with van der Waals surface area (Å²) < 4.78 is 19.2. The molecule has 3 nitrogen and oxygen atoms in total. The first-order chi connectivity index (χ1) is 9.61. The van der Waals surface area contributed by atoms with Crippen LogP contribution in [0.25, 0.3) is 0 Å². The van der Waals surface area contributed by atoms with Gasteiger partial charge < -0.3 is 4.74 Å². The van der Waals surface area contributed by atoms with Gasteiger partial charge in [-0.25, -0.2) is 9.37 Å². The Hall–Kier alpha value is -2.41. The zero-order valence-corrected chi connectivity index (χ0v) is 11.4. The van der Waals surface area contributed by atoms with Gasteiger partial charge in [0.2, 0.25) is 0 Å². The van der Waals surface area contributed by atoms with E-state index in [-0.39, 0.29) is 18.3 Å². The molecule has 0 bridgehead atoms. The summed E-state index contributed by atoms with van der Waals surface area (Å²) in [5.74, 6) is 0.445. The molecule has 0 spiro atoms. The number of aromatic nitrogens is 1. The fourth-order valence-electron chi connectivity index (χ4n) is 1.87. The summed E-state index contributed by atoms with van der Waals surface area (Å²) in [6, 6.07) is 10.2. The van der Waals surface area contributed by atoms with E-state index >= 15 is 0 Å². The average Bonchev–Trinajstić information content (AvgIpc) is 2.46. The summed E-state index contributed by atoms with van der Waals surface area (Å²) in [5.41, 5.74) is 1.68. The van der Waals surface area contributed by atoms with Gasteiger partial charge in [0.15, 0.2) is 0 Å². The van der Waals surface area contributed by atoms with Crippen LogP contribution in [0.3, 0.4) is 0 Å². The van der Waals surface area contributed by atoms with Crippen LogP contribution in [0.4, 0.5) is 4.39 Å². The van der Waals surface area contributed by atoms with Crippen molar-refractivity contribution in [3.05, 3.63) is 59.2 Å². The van der Waals surface area contributed by atoms with Crippen LogP contribution in [-0.4, -0.2) is 4.98 Å². The highest BCUT2D eigenvalue weighted by Crippen LogP contribution is 2.24. The van der Waals surface area contributed by atoms with Gasteiger partial charge in [-0.05, 0) is 35.7 Å². The van der Waals surface area contributed by atoms with Crippen molar-refractivity contribution in [1.29, 1.82) is 5.26 Å². The van der Waals surface area contributed by atoms with E-state index in [1.807, 2.05) is 19.9 Å². The predicted molar refractivity (Wildman–Crippen MR) is 73.8 cm³/mol. The summed E-state index contributed by atoms with van der Waals surface area (Å²) in [4.78, 5) is 3.97. The van der Waals surface area contributed by atoms with Crippen LogP contribution in [0.2, 0.25) is 0 Å². The Labute approximate surface area is 117 Å². The highest BCUT2D eigenvalue weighted by molar-refractivity contribution is 5.33. The maximum Gasteiger partial charge on any atom is 0.147 e. The van der Waals surface area contributed by atoms with Crippen LogP contribution in [0.1, 0.15) is 36.6 Å². The van der Waals surface area contributed by atoms with E-state index in [0.717, 1.165) is 0 Å². The Morgan fingerprint density at radius 1 is 1.35 bits per heavy atom. The number of nitrogens with zero attached hydrogens (tertiary/aromatic N) is 2. The molecule has 0 aliphatic carbocycles. The largest absolute Gasteiger partial charge is 0.489 e. The van der Waals surface area contributed by atoms with E-state index in [2.05, 4.69) is 4.98 Å². The topological polar surface area (TPSA) is 45.9 Å². The number of hydrogen-bond acceptors (Lipinski definition) is 3. The number of benzene rings is 1. The van der Waals surface area contributed by atoms with E-state index in [9.17, 15) is 4.39 Å². The summed E-state index contributed by atoms with van der Waals surface area (Å²) >= 11 is 0. The summed E-state index contributed by atoms with van der Waals surface area (Å²) in [6.07, 6.45) is 1.57. The zero-order chi connectivity index (χ0) is 14.5. The van der Waals surface area contributed by atoms with E-state index in [1.54, 1.807) is 30.5 Å². The first-order valence-electron chi connectivity index (χ1n) is 6.38. The van der Waals surface area contributed by atoms with Gasteiger partial charge in [-0.3, -0.25) is 0 Å². The van der Waals surface area contributed by atoms with Crippen LogP contribution in [-0.2, 0) is 6.61 Å². The van der Waals surface area contributed by atoms with Crippen LogP contribution >= 0.6 is 0 Å². The number of nitriles is 1. The van der Waals surface area contributed by atoms with Crippen LogP contribution in [0.15, 0.2) is 36.5 Å². The van der Waals surface area contributed by atoms with E-state index < -0.39 is 0 Å². The van der Waals surface area contributed by atoms with Gasteiger partial charge in [-0.2, -0.15) is 5.26 Å². The zero-order valence-electron chi connectivity index (χ0n) is 11.4. The molecular weight excluding hydrogens is 255 g/mol. The molecule has 0 radical (unpaired) electrons. The Bertz CT molecular complexity index is 647. The standard InChI is InChI=1S/C16H15FN2O/c1-11(2)14-8-13(5-6-15(14)17)20-10-12-4-3-7-19-16(12)9-18/h3-8,11H,10H2,1-2H3. The molecule has 2 aromatic rings. The SMILES string of the molecule is CC(C)c1cc(OCc2cccnc2C#N)ccc1F. The Balaban J connectivity index is 2.15. The molecule has 102 valence electrons. The van der Waals surface area contributed by atoms with Crippen molar-refractivity contribution >= 4 is 0 Å². The number of ether oxygens (including phenoxy) is 1. The fourth-order valence-corrected chi connectivity index (χ4v) is 1.87. The van der Waals surface area contributed by atoms with Crippen molar-refractivity contribution in [3.63, 3.8) is 0 Å². The molecular formula is C16H15FN2O. The normalized spacial score (nSPS) is 10.3. The number of hydrogen-bond donors (Lipinski definition) is 0. The molecule has 0 aliphatic rings. The average molecular weight is 270 g/mol. The molecule has 0 unspecified atom stereocenters. The van der Waals surface area contributed by atoms with E-state index in [0.29, 0.717) is 22.6 Å². The second kappa shape index (κ2) is 6.16. The van der Waals surface area contributed by atoms with Gasteiger partial charge in [0.1, 0.15) is 29.9 Å². The minimum absolute atomic E-state index is 0.0895. The van der Waals surface area contributed by atoms with Crippen LogP contribution < -0.4 is 4.74 Å². The Morgan fingerprint density at radius 3 is 2.85 bits per heavy atom. The van der Waals surface area contributed by atoms with Gasteiger partial charge in [-0.1, -0.05) is 19.9 Å². The predicted octanol–water partition coefficient (Wildman–Crippen LogP) is 3.79. The molecule has 0 N–H and O–H groups in total. The van der Waals surface area contributed by atoms with Crippen molar-refractivity contribution in [2.75, 3.05) is 0 Å². The van der Waals surface area contributed by atoms with Crippen molar-refractivity contribution in [1.82, 2.24) is 4.98 Å². The van der Waals surface area contributed by atoms with Gasteiger partial charge in [0.25, 0.3) is 0 Å². The molecule has 1 aromatic carbocycles. The fraction of sp³-hybridized carbons (Fsp3) is 0.250. The van der Waals surface area contributed by atoms with E-state index in [4.69, 9.17) is 10.00 Å². The smallest absolute Gasteiger partial charge is 0.147 e. The first-order valence-corrected chi connectivity index (χ1v) is 6.38. The van der Waals surface area contributed by atoms with Crippen molar-refractivity contribution < 1.29 is 9.13 Å². The second-order valence-corrected chi connectivity index (χ2v) is 4.75. The molecule has 0 aliphatic heterocycles. The molecule has 20 heavy (non-hydrogen) atoms. The highest BCUT2D eigenvalue weighted by Gasteiger charge is 2.09. The molecule has 0 atom stereocenters. The Kier molecular flexibility index (Phi) is 4.31. The van der Waals surface area contributed by atoms with Gasteiger partial charge in [-0.15, -0.1) is 0 Å². The third-order valence-electron chi connectivity index (χ3n) is 2.98. The van der Waals surface area contributed by atoms with Crippen LogP contribution in [0, 0.1) is 17.1 Å². The minimum Gasteiger partial charge on any atom is -0.489 e. The van der Waals surface area contributed by atoms with Crippen molar-refractivity contribution in [2.45, 2.75) is 26.4 Å². The lowest BCUT2D eigenvalue weighted by Gasteiger charge is -2.11. The monoisotopic (exact) mass is 270 g/mol. The maximum absolute atomic E-state index is 13.6. The lowest BCUT2D eigenvalue weighted by atomic mass is 10.0. The first kappa shape index (κ1) is 14.0. The molecule has 1 heterocycles. The summed E-state index contributed by atoms with van der Waals surface area (Å²) in [5, 5.41) is 8.95. The summed E-state index contributed by atoms with van der Waals surface area (Å²) in [7, 11) is 0. The third kappa shape index (κ3) is 3.12. The number of halogens is 1. The lowest BCUT2D eigenvalue weighted by molar-refractivity contribution is 0.304. The molecule has 0 saturated carbocycles. The lowest BCUT2D eigenvalue weighted by Crippen LogP contribution is -2.01. The van der Waals surface area contributed by atoms with Crippen molar-refractivity contribution in [2.24, 2.45) is 0 Å². The highest BCUT2D eigenvalue weighted by atomic mass is 19.1. The molecule has 1 aromatic heterocycles. The molecule has 2 rings (SSSR count). The number of rotatable bonds is 4. The van der Waals surface area contributed by atoms with Gasteiger partial charge >= 0.3 is 0 Å². The molecule has 0 saturated heterocycles. The van der Waals surface area contributed by atoms with Crippen molar-refractivity contribution in [3.8, 4) is 11.8 Å². The van der Waals surface area contributed by atoms with E-state index in [1.165, 1.54) is 6.07 Å². The van der Waals surface area contributed by atoms with Gasteiger partial charge in [0, 0.05) is 11.8 Å². The minimum atomic E-state index is -0.230.